The van der Waals surface area contributed by atoms with Crippen molar-refractivity contribution in [3.63, 3.8) is 0 Å². The minimum absolute atomic E-state index is 0.479. The maximum Gasteiger partial charge on any atom is 0.122 e. The Morgan fingerprint density at radius 3 is 3.15 bits per heavy atom. The van der Waals surface area contributed by atoms with Crippen LogP contribution >= 0.6 is 15.9 Å². The lowest BCUT2D eigenvalue weighted by atomic mass is 10.0. The standard InChI is InChI=1S/C11H13BrO/c1-2-8-3-4-11-9(5-8)6-10(12)7-13-11/h3-5,10H,2,6-7H2,1H3. The average Bonchev–Trinajstić information content (AvgIpc) is 2.16. The number of hydrogen-bond donors (Lipinski definition) is 0. The highest BCUT2D eigenvalue weighted by Crippen LogP contribution is 2.28. The van der Waals surface area contributed by atoms with Gasteiger partial charge in [0.2, 0.25) is 0 Å². The van der Waals surface area contributed by atoms with Crippen LogP contribution in [-0.4, -0.2) is 11.4 Å². The van der Waals surface area contributed by atoms with Gasteiger partial charge in [-0.2, -0.15) is 0 Å². The molecule has 1 aromatic rings. The van der Waals surface area contributed by atoms with E-state index in [4.69, 9.17) is 4.74 Å². The zero-order chi connectivity index (χ0) is 9.26. The summed E-state index contributed by atoms with van der Waals surface area (Å²) in [5.41, 5.74) is 2.73. The van der Waals surface area contributed by atoms with Crippen molar-refractivity contribution < 1.29 is 4.74 Å². The highest BCUT2D eigenvalue weighted by atomic mass is 79.9. The van der Waals surface area contributed by atoms with Crippen LogP contribution in [0.15, 0.2) is 18.2 Å². The summed E-state index contributed by atoms with van der Waals surface area (Å²) in [6, 6.07) is 6.49. The first-order valence-electron chi connectivity index (χ1n) is 4.68. The molecule has 2 rings (SSSR count). The van der Waals surface area contributed by atoms with Crippen LogP contribution in [0.3, 0.4) is 0 Å². The van der Waals surface area contributed by atoms with Gasteiger partial charge in [-0.15, -0.1) is 0 Å². The molecule has 0 fully saturated rings. The van der Waals surface area contributed by atoms with Crippen LogP contribution in [-0.2, 0) is 12.8 Å². The third kappa shape index (κ3) is 1.88. The SMILES string of the molecule is CCc1ccc2c(c1)CC(Br)CO2. The highest BCUT2D eigenvalue weighted by molar-refractivity contribution is 9.09. The first kappa shape index (κ1) is 9.07. The molecule has 2 heteroatoms. The van der Waals surface area contributed by atoms with Crippen LogP contribution < -0.4 is 4.74 Å². The van der Waals surface area contributed by atoms with Crippen LogP contribution in [0.1, 0.15) is 18.1 Å². The third-order valence-electron chi connectivity index (χ3n) is 2.39. The van der Waals surface area contributed by atoms with Gasteiger partial charge in [0.25, 0.3) is 0 Å². The lowest BCUT2D eigenvalue weighted by molar-refractivity contribution is 0.296. The highest BCUT2D eigenvalue weighted by Gasteiger charge is 2.16. The van der Waals surface area contributed by atoms with E-state index in [9.17, 15) is 0 Å². The van der Waals surface area contributed by atoms with Crippen molar-refractivity contribution in [1.29, 1.82) is 0 Å². The number of halogens is 1. The van der Waals surface area contributed by atoms with Gasteiger partial charge in [-0.1, -0.05) is 35.0 Å². The molecule has 13 heavy (non-hydrogen) atoms. The van der Waals surface area contributed by atoms with E-state index in [1.165, 1.54) is 11.1 Å². The van der Waals surface area contributed by atoms with Crippen LogP contribution in [0.5, 0.6) is 5.75 Å². The van der Waals surface area contributed by atoms with E-state index >= 15 is 0 Å². The Hall–Kier alpha value is -0.500. The number of aryl methyl sites for hydroxylation is 1. The summed E-state index contributed by atoms with van der Waals surface area (Å²) in [5.74, 6) is 1.06. The van der Waals surface area contributed by atoms with E-state index in [0.717, 1.165) is 25.2 Å². The Balaban J connectivity index is 2.32. The maximum atomic E-state index is 5.59. The largest absolute Gasteiger partial charge is 0.492 e. The molecule has 1 aromatic carbocycles. The zero-order valence-corrected chi connectivity index (χ0v) is 9.30. The summed E-state index contributed by atoms with van der Waals surface area (Å²) in [6.45, 7) is 2.97. The molecule has 0 saturated heterocycles. The van der Waals surface area contributed by atoms with Gasteiger partial charge in [0.05, 0.1) is 4.83 Å². The zero-order valence-electron chi connectivity index (χ0n) is 7.72. The van der Waals surface area contributed by atoms with Gasteiger partial charge in [-0.05, 0) is 30.0 Å². The second-order valence-corrected chi connectivity index (χ2v) is 4.70. The lowest BCUT2D eigenvalue weighted by Crippen LogP contribution is -2.20. The molecule has 1 aliphatic heterocycles. The lowest BCUT2D eigenvalue weighted by Gasteiger charge is -2.21. The smallest absolute Gasteiger partial charge is 0.122 e. The van der Waals surface area contributed by atoms with Gasteiger partial charge < -0.3 is 4.74 Å². The summed E-state index contributed by atoms with van der Waals surface area (Å²) in [7, 11) is 0. The van der Waals surface area contributed by atoms with Crippen LogP contribution in [0.2, 0.25) is 0 Å². The van der Waals surface area contributed by atoms with E-state index < -0.39 is 0 Å². The molecule has 70 valence electrons. The van der Waals surface area contributed by atoms with E-state index in [-0.39, 0.29) is 0 Å². The molecule has 0 N–H and O–H groups in total. The summed E-state index contributed by atoms with van der Waals surface area (Å²) >= 11 is 3.58. The second-order valence-electron chi connectivity index (χ2n) is 3.41. The molecule has 0 bridgehead atoms. The van der Waals surface area contributed by atoms with E-state index in [2.05, 4.69) is 41.1 Å². The third-order valence-corrected chi connectivity index (χ3v) is 2.98. The monoisotopic (exact) mass is 240 g/mol. The van der Waals surface area contributed by atoms with Gasteiger partial charge in [-0.25, -0.2) is 0 Å². The number of alkyl halides is 1. The normalized spacial score (nSPS) is 20.6. The van der Waals surface area contributed by atoms with E-state index in [1.807, 2.05) is 0 Å². The molecule has 0 amide bonds. The summed E-state index contributed by atoms with van der Waals surface area (Å²) < 4.78 is 5.59. The van der Waals surface area contributed by atoms with Crippen molar-refractivity contribution in [3.05, 3.63) is 29.3 Å². The molecule has 1 aliphatic rings. The molecular weight excluding hydrogens is 228 g/mol. The number of fused-ring (bicyclic) bond motifs is 1. The minimum Gasteiger partial charge on any atom is -0.492 e. The molecule has 0 radical (unpaired) electrons. The molecular formula is C11H13BrO. The maximum absolute atomic E-state index is 5.59. The summed E-state index contributed by atoms with van der Waals surface area (Å²) in [4.78, 5) is 0.479. The van der Waals surface area contributed by atoms with Gasteiger partial charge in [-0.3, -0.25) is 0 Å². The van der Waals surface area contributed by atoms with Gasteiger partial charge >= 0.3 is 0 Å². The van der Waals surface area contributed by atoms with Crippen molar-refractivity contribution in [2.24, 2.45) is 0 Å². The molecule has 0 saturated carbocycles. The quantitative estimate of drug-likeness (QED) is 0.687. The van der Waals surface area contributed by atoms with Crippen molar-refractivity contribution in [2.45, 2.75) is 24.6 Å². The fourth-order valence-corrected chi connectivity index (χ4v) is 2.11. The fourth-order valence-electron chi connectivity index (χ4n) is 1.63. The fraction of sp³-hybridized carbons (Fsp3) is 0.455. The number of benzene rings is 1. The van der Waals surface area contributed by atoms with Crippen molar-refractivity contribution in [2.75, 3.05) is 6.61 Å². The Bertz CT molecular complexity index is 309. The first-order chi connectivity index (χ1) is 6.29. The van der Waals surface area contributed by atoms with Gasteiger partial charge in [0.1, 0.15) is 12.4 Å². The molecule has 1 atom stereocenters. The van der Waals surface area contributed by atoms with Crippen molar-refractivity contribution in [1.82, 2.24) is 0 Å². The minimum atomic E-state index is 0.479. The Morgan fingerprint density at radius 2 is 2.38 bits per heavy atom. The molecule has 0 spiro atoms. The molecule has 0 aliphatic carbocycles. The van der Waals surface area contributed by atoms with Gasteiger partial charge in [0, 0.05) is 0 Å². The van der Waals surface area contributed by atoms with Gasteiger partial charge in [0.15, 0.2) is 0 Å². The summed E-state index contributed by atoms with van der Waals surface area (Å²) in [5, 5.41) is 0. The second kappa shape index (κ2) is 3.70. The summed E-state index contributed by atoms with van der Waals surface area (Å²) in [6.07, 6.45) is 2.18. The number of rotatable bonds is 1. The molecule has 1 nitrogen and oxygen atoms in total. The topological polar surface area (TPSA) is 9.23 Å². The average molecular weight is 241 g/mol. The first-order valence-corrected chi connectivity index (χ1v) is 5.60. The van der Waals surface area contributed by atoms with Crippen LogP contribution in [0.25, 0.3) is 0 Å². The van der Waals surface area contributed by atoms with Crippen LogP contribution in [0, 0.1) is 0 Å². The molecule has 1 heterocycles. The molecule has 1 unspecified atom stereocenters. The Morgan fingerprint density at radius 1 is 1.54 bits per heavy atom. The van der Waals surface area contributed by atoms with Crippen molar-refractivity contribution in [3.8, 4) is 5.75 Å². The van der Waals surface area contributed by atoms with Crippen LogP contribution in [0.4, 0.5) is 0 Å². The number of ether oxygens (including phenoxy) is 1. The predicted molar refractivity (Wildman–Crippen MR) is 57.7 cm³/mol. The number of hydrogen-bond acceptors (Lipinski definition) is 1. The van der Waals surface area contributed by atoms with Crippen molar-refractivity contribution >= 4 is 15.9 Å². The van der Waals surface area contributed by atoms with E-state index in [1.54, 1.807) is 0 Å². The molecule has 0 aromatic heterocycles. The Labute approximate surface area is 87.2 Å². The predicted octanol–water partition coefficient (Wildman–Crippen LogP) is 2.95. The Kier molecular flexibility index (Phi) is 2.58. The van der Waals surface area contributed by atoms with E-state index in [0.29, 0.717) is 4.83 Å².